The van der Waals surface area contributed by atoms with E-state index in [1.165, 1.54) is 15.8 Å². The minimum atomic E-state index is -0.289. The van der Waals surface area contributed by atoms with Crippen LogP contribution < -0.4 is 10.9 Å². The minimum Gasteiger partial charge on any atom is -0.350 e. The van der Waals surface area contributed by atoms with Crippen LogP contribution in [0.4, 0.5) is 0 Å². The van der Waals surface area contributed by atoms with Crippen molar-refractivity contribution in [2.75, 3.05) is 14.1 Å². The van der Waals surface area contributed by atoms with Crippen LogP contribution in [-0.4, -0.2) is 40.4 Å². The molecule has 0 saturated heterocycles. The SMILES string of the molecule is CN(C)C(=O)c1ccc(CNC(=O)Cn2cnc3ccccc3c2=O)cc1. The summed E-state index contributed by atoms with van der Waals surface area (Å²) in [6.07, 6.45) is 1.38. The second-order valence-corrected chi connectivity index (χ2v) is 6.37. The van der Waals surface area contributed by atoms with Gasteiger partial charge in [0.2, 0.25) is 5.91 Å². The van der Waals surface area contributed by atoms with Crippen molar-refractivity contribution in [2.24, 2.45) is 0 Å². The van der Waals surface area contributed by atoms with Crippen LogP contribution in [0.5, 0.6) is 0 Å². The lowest BCUT2D eigenvalue weighted by molar-refractivity contribution is -0.121. The van der Waals surface area contributed by atoms with Gasteiger partial charge in [0.25, 0.3) is 11.5 Å². The van der Waals surface area contributed by atoms with Crippen molar-refractivity contribution in [1.29, 1.82) is 0 Å². The lowest BCUT2D eigenvalue weighted by Gasteiger charge is -2.11. The van der Waals surface area contributed by atoms with E-state index in [9.17, 15) is 14.4 Å². The molecule has 2 amide bonds. The van der Waals surface area contributed by atoms with Gasteiger partial charge < -0.3 is 10.2 Å². The summed E-state index contributed by atoms with van der Waals surface area (Å²) < 4.78 is 1.29. The van der Waals surface area contributed by atoms with E-state index in [0.29, 0.717) is 23.0 Å². The molecule has 0 aliphatic heterocycles. The molecule has 0 radical (unpaired) electrons. The Balaban J connectivity index is 1.63. The Bertz CT molecular complexity index is 1040. The number of carbonyl (C=O) groups is 2. The Labute approximate surface area is 156 Å². The van der Waals surface area contributed by atoms with E-state index in [-0.39, 0.29) is 23.9 Å². The quantitative estimate of drug-likeness (QED) is 0.742. The number of para-hydroxylation sites is 1. The van der Waals surface area contributed by atoms with Crippen molar-refractivity contribution in [3.63, 3.8) is 0 Å². The van der Waals surface area contributed by atoms with Crippen molar-refractivity contribution in [3.8, 4) is 0 Å². The Morgan fingerprint density at radius 1 is 1.07 bits per heavy atom. The lowest BCUT2D eigenvalue weighted by atomic mass is 10.1. The minimum absolute atomic E-state index is 0.0752. The van der Waals surface area contributed by atoms with Crippen LogP contribution >= 0.6 is 0 Å². The van der Waals surface area contributed by atoms with Crippen molar-refractivity contribution >= 4 is 22.7 Å². The number of nitrogens with one attached hydrogen (secondary N) is 1. The molecule has 1 N–H and O–H groups in total. The first-order chi connectivity index (χ1) is 13.0. The maximum Gasteiger partial charge on any atom is 0.261 e. The number of benzene rings is 2. The van der Waals surface area contributed by atoms with Gasteiger partial charge in [0.05, 0.1) is 17.2 Å². The first-order valence-corrected chi connectivity index (χ1v) is 8.47. The predicted molar refractivity (Wildman–Crippen MR) is 102 cm³/mol. The molecule has 0 unspecified atom stereocenters. The molecule has 7 nitrogen and oxygen atoms in total. The Kier molecular flexibility index (Phi) is 5.30. The largest absolute Gasteiger partial charge is 0.350 e. The molecule has 3 aromatic rings. The number of aromatic nitrogens is 2. The predicted octanol–water partition coefficient (Wildman–Crippen LogP) is 1.41. The first kappa shape index (κ1) is 18.3. The number of carbonyl (C=O) groups excluding carboxylic acids is 2. The van der Waals surface area contributed by atoms with Crippen molar-refractivity contribution < 1.29 is 9.59 Å². The fourth-order valence-corrected chi connectivity index (χ4v) is 2.65. The molecule has 3 rings (SSSR count). The van der Waals surface area contributed by atoms with Crippen LogP contribution in [-0.2, 0) is 17.9 Å². The molecule has 1 heterocycles. The molecule has 1 aromatic heterocycles. The van der Waals surface area contributed by atoms with Gasteiger partial charge in [-0.25, -0.2) is 4.98 Å². The molecule has 138 valence electrons. The van der Waals surface area contributed by atoms with Crippen molar-refractivity contribution in [1.82, 2.24) is 19.8 Å². The summed E-state index contributed by atoms with van der Waals surface area (Å²) in [5.41, 5.74) is 1.81. The van der Waals surface area contributed by atoms with Gasteiger partial charge in [0.1, 0.15) is 6.54 Å². The Morgan fingerprint density at radius 3 is 2.48 bits per heavy atom. The molecule has 0 aliphatic carbocycles. The van der Waals surface area contributed by atoms with E-state index in [4.69, 9.17) is 0 Å². The fraction of sp³-hybridized carbons (Fsp3) is 0.200. The molecule has 27 heavy (non-hydrogen) atoms. The molecule has 2 aromatic carbocycles. The van der Waals surface area contributed by atoms with Crippen LogP contribution in [0.1, 0.15) is 15.9 Å². The normalized spacial score (nSPS) is 10.6. The Hall–Kier alpha value is -3.48. The highest BCUT2D eigenvalue weighted by atomic mass is 16.2. The topological polar surface area (TPSA) is 84.3 Å². The Morgan fingerprint density at radius 2 is 1.78 bits per heavy atom. The fourth-order valence-electron chi connectivity index (χ4n) is 2.65. The van der Waals surface area contributed by atoms with Gasteiger partial charge in [-0.1, -0.05) is 24.3 Å². The third kappa shape index (κ3) is 4.20. The maximum absolute atomic E-state index is 12.4. The third-order valence-corrected chi connectivity index (χ3v) is 4.14. The van der Waals surface area contributed by atoms with Gasteiger partial charge in [-0.3, -0.25) is 19.0 Å². The van der Waals surface area contributed by atoms with Gasteiger partial charge >= 0.3 is 0 Å². The van der Waals surface area contributed by atoms with Gasteiger partial charge in [-0.05, 0) is 29.8 Å². The van der Waals surface area contributed by atoms with Crippen LogP contribution in [0, 0.1) is 0 Å². The summed E-state index contributed by atoms with van der Waals surface area (Å²) in [5, 5.41) is 3.25. The summed E-state index contributed by atoms with van der Waals surface area (Å²) >= 11 is 0. The molecular formula is C20H20N4O3. The smallest absolute Gasteiger partial charge is 0.261 e. The zero-order valence-corrected chi connectivity index (χ0v) is 15.2. The van der Waals surface area contributed by atoms with Crippen LogP contribution in [0.3, 0.4) is 0 Å². The summed E-state index contributed by atoms with van der Waals surface area (Å²) in [4.78, 5) is 42.2. The zero-order valence-electron chi connectivity index (χ0n) is 15.2. The zero-order chi connectivity index (χ0) is 19.4. The van der Waals surface area contributed by atoms with Crippen molar-refractivity contribution in [2.45, 2.75) is 13.1 Å². The number of amides is 2. The lowest BCUT2D eigenvalue weighted by Crippen LogP contribution is -2.32. The number of nitrogens with zero attached hydrogens (tertiary/aromatic N) is 3. The van der Waals surface area contributed by atoms with E-state index >= 15 is 0 Å². The summed E-state index contributed by atoms with van der Waals surface area (Å²) in [6, 6.07) is 14.1. The highest BCUT2D eigenvalue weighted by Crippen LogP contribution is 2.07. The van der Waals surface area contributed by atoms with Gasteiger partial charge in [0, 0.05) is 26.2 Å². The van der Waals surface area contributed by atoms with E-state index < -0.39 is 0 Å². The van der Waals surface area contributed by atoms with E-state index in [1.807, 2.05) is 6.07 Å². The average Bonchev–Trinajstić information content (AvgIpc) is 2.68. The van der Waals surface area contributed by atoms with Crippen LogP contribution in [0.15, 0.2) is 59.7 Å². The van der Waals surface area contributed by atoms with Gasteiger partial charge in [-0.15, -0.1) is 0 Å². The van der Waals surface area contributed by atoms with Gasteiger partial charge in [-0.2, -0.15) is 0 Å². The summed E-state index contributed by atoms with van der Waals surface area (Å²) in [6.45, 7) is 0.207. The summed E-state index contributed by atoms with van der Waals surface area (Å²) in [5.74, 6) is -0.364. The number of fused-ring (bicyclic) bond motifs is 1. The van der Waals surface area contributed by atoms with Gasteiger partial charge in [0.15, 0.2) is 0 Å². The standard InChI is InChI=1S/C20H20N4O3/c1-23(2)19(26)15-9-7-14(8-10-15)11-21-18(25)12-24-13-22-17-6-4-3-5-16(17)20(24)27/h3-10,13H,11-12H2,1-2H3,(H,21,25). The molecule has 0 saturated carbocycles. The third-order valence-electron chi connectivity index (χ3n) is 4.14. The van der Waals surface area contributed by atoms with E-state index in [0.717, 1.165) is 5.56 Å². The number of rotatable bonds is 5. The monoisotopic (exact) mass is 364 g/mol. The van der Waals surface area contributed by atoms with E-state index in [1.54, 1.807) is 56.6 Å². The molecule has 0 spiro atoms. The molecule has 7 heteroatoms. The van der Waals surface area contributed by atoms with Crippen LogP contribution in [0.2, 0.25) is 0 Å². The van der Waals surface area contributed by atoms with Crippen molar-refractivity contribution in [3.05, 3.63) is 76.3 Å². The molecule has 0 bridgehead atoms. The first-order valence-electron chi connectivity index (χ1n) is 8.47. The number of hydrogen-bond donors (Lipinski definition) is 1. The molecule has 0 fully saturated rings. The highest BCUT2D eigenvalue weighted by Gasteiger charge is 2.09. The maximum atomic E-state index is 12.4. The second-order valence-electron chi connectivity index (χ2n) is 6.37. The molecule has 0 atom stereocenters. The van der Waals surface area contributed by atoms with E-state index in [2.05, 4.69) is 10.3 Å². The molecule has 0 aliphatic rings. The average molecular weight is 364 g/mol. The van der Waals surface area contributed by atoms with Crippen LogP contribution in [0.25, 0.3) is 10.9 Å². The second kappa shape index (κ2) is 7.82. The summed E-state index contributed by atoms with van der Waals surface area (Å²) in [7, 11) is 3.39. The highest BCUT2D eigenvalue weighted by molar-refractivity contribution is 5.93. The number of hydrogen-bond acceptors (Lipinski definition) is 4. The molecular weight excluding hydrogens is 344 g/mol.